The van der Waals surface area contributed by atoms with Gasteiger partial charge in [0.15, 0.2) is 0 Å². The predicted molar refractivity (Wildman–Crippen MR) is 356 cm³/mol. The maximum atomic E-state index is 12.5. The van der Waals surface area contributed by atoms with E-state index >= 15 is 0 Å². The van der Waals surface area contributed by atoms with Crippen LogP contribution in [0.4, 0.5) is 0 Å². The molecule has 0 aliphatic carbocycles. The van der Waals surface area contributed by atoms with Gasteiger partial charge in [0.25, 0.3) is 0 Å². The first kappa shape index (κ1) is 79.1. The summed E-state index contributed by atoms with van der Waals surface area (Å²) in [7, 11) is 0. The van der Waals surface area contributed by atoms with Crippen molar-refractivity contribution < 1.29 is 24.5 Å². The Kier molecular flexibility index (Phi) is 68.9. The number of nitrogens with one attached hydrogen (secondary N) is 1. The van der Waals surface area contributed by atoms with E-state index in [1.165, 1.54) is 321 Å². The lowest BCUT2D eigenvalue weighted by atomic mass is 10.0. The average Bonchev–Trinajstić information content (AvgIpc) is 3.47. The van der Waals surface area contributed by atoms with Crippen molar-refractivity contribution in [2.45, 2.75) is 418 Å². The van der Waals surface area contributed by atoms with Gasteiger partial charge in [0, 0.05) is 12.8 Å². The molecule has 81 heavy (non-hydrogen) atoms. The summed E-state index contributed by atoms with van der Waals surface area (Å²) in [6, 6.07) is -0.542. The van der Waals surface area contributed by atoms with Crippen molar-refractivity contribution >= 4 is 11.9 Å². The normalized spacial score (nSPS) is 12.7. The SMILES string of the molecule is CCCCCCCC/C=C\CCCCCCCC(=O)OCCCCCCCCCCC/C=C\C/C=C\CCCCCCCCCCCCCCCCCC(=O)NC(CO)C(O)CCCCCCCCCCCCCCCCCCCC. The number of aliphatic hydroxyl groups excluding tert-OH is 2. The molecule has 0 saturated heterocycles. The van der Waals surface area contributed by atoms with Gasteiger partial charge in [-0.05, 0) is 83.5 Å². The van der Waals surface area contributed by atoms with Crippen molar-refractivity contribution in [3.63, 3.8) is 0 Å². The number of allylic oxidation sites excluding steroid dienone is 6. The summed E-state index contributed by atoms with van der Waals surface area (Å²) in [5.74, 6) is -0.0250. The highest BCUT2D eigenvalue weighted by atomic mass is 16.5. The van der Waals surface area contributed by atoms with Crippen LogP contribution in [0.1, 0.15) is 406 Å². The molecule has 0 rings (SSSR count). The summed E-state index contributed by atoms with van der Waals surface area (Å²) in [6.45, 7) is 4.98. The topological polar surface area (TPSA) is 95.9 Å². The Morgan fingerprint density at radius 1 is 0.346 bits per heavy atom. The standard InChI is InChI=1S/C75H143NO5/c1-3-5-7-9-11-13-15-17-19-20-36-40-43-47-51-55-59-63-67-73(78)72(71-77)76-74(79)68-64-60-56-52-48-44-41-37-34-32-30-28-26-24-22-21-23-25-27-29-31-33-35-38-42-46-50-54-58-62-66-70-81-75(80)69-65-61-57-53-49-45-39-18-16-14-12-10-8-6-4-2/h18,23,25,29,31,39,72-73,77-78H,3-17,19-22,24,26-28,30,32-38,40-71H2,1-2H3,(H,76,79)/b25-23-,31-29-,39-18-. The highest BCUT2D eigenvalue weighted by Gasteiger charge is 2.20. The van der Waals surface area contributed by atoms with Crippen LogP contribution in [0.25, 0.3) is 0 Å². The van der Waals surface area contributed by atoms with E-state index in [1.54, 1.807) is 0 Å². The third-order valence-electron chi connectivity index (χ3n) is 17.2. The van der Waals surface area contributed by atoms with E-state index in [0.717, 1.165) is 51.4 Å². The number of ether oxygens (including phenoxy) is 1. The van der Waals surface area contributed by atoms with Crippen molar-refractivity contribution in [3.05, 3.63) is 36.5 Å². The lowest BCUT2D eigenvalue weighted by Gasteiger charge is -2.22. The number of unbranched alkanes of at least 4 members (excludes halogenated alkanes) is 52. The molecule has 0 aliphatic heterocycles. The van der Waals surface area contributed by atoms with Crippen LogP contribution in [0, 0.1) is 0 Å². The van der Waals surface area contributed by atoms with Crippen molar-refractivity contribution in [3.8, 4) is 0 Å². The zero-order valence-electron chi connectivity index (χ0n) is 54.8. The van der Waals surface area contributed by atoms with Gasteiger partial charge in [0.1, 0.15) is 0 Å². The van der Waals surface area contributed by atoms with Gasteiger partial charge in [0.05, 0.1) is 25.4 Å². The zero-order valence-corrected chi connectivity index (χ0v) is 54.8. The average molecular weight is 1140 g/mol. The maximum absolute atomic E-state index is 12.5. The highest BCUT2D eigenvalue weighted by Crippen LogP contribution is 2.19. The van der Waals surface area contributed by atoms with Gasteiger partial charge in [-0.25, -0.2) is 0 Å². The molecule has 478 valence electrons. The monoisotopic (exact) mass is 1140 g/mol. The van der Waals surface area contributed by atoms with E-state index in [2.05, 4.69) is 55.6 Å². The number of carbonyl (C=O) groups excluding carboxylic acids is 2. The minimum Gasteiger partial charge on any atom is -0.466 e. The Bertz CT molecular complexity index is 1310. The number of esters is 1. The van der Waals surface area contributed by atoms with E-state index in [9.17, 15) is 19.8 Å². The van der Waals surface area contributed by atoms with Gasteiger partial charge in [-0.1, -0.05) is 346 Å². The molecular weight excluding hydrogens is 995 g/mol. The Labute approximate surface area is 506 Å². The Morgan fingerprint density at radius 3 is 0.951 bits per heavy atom. The first-order chi connectivity index (χ1) is 40.0. The van der Waals surface area contributed by atoms with Crippen LogP contribution < -0.4 is 5.32 Å². The molecule has 0 aromatic heterocycles. The minimum atomic E-state index is -0.665. The number of aliphatic hydroxyl groups is 2. The molecule has 0 bridgehead atoms. The van der Waals surface area contributed by atoms with Gasteiger partial charge in [-0.2, -0.15) is 0 Å². The van der Waals surface area contributed by atoms with Crippen molar-refractivity contribution in [1.82, 2.24) is 5.32 Å². The van der Waals surface area contributed by atoms with Crippen molar-refractivity contribution in [2.75, 3.05) is 13.2 Å². The summed E-state index contributed by atoms with van der Waals surface area (Å²) in [6.07, 6.45) is 90.6. The van der Waals surface area contributed by atoms with Crippen LogP contribution in [0.15, 0.2) is 36.5 Å². The number of carbonyl (C=O) groups is 2. The number of hydrogen-bond acceptors (Lipinski definition) is 5. The molecular formula is C75H143NO5. The van der Waals surface area contributed by atoms with E-state index < -0.39 is 12.1 Å². The summed E-state index contributed by atoms with van der Waals surface area (Å²) in [5, 5.41) is 23.4. The molecule has 0 radical (unpaired) electrons. The van der Waals surface area contributed by atoms with Crippen LogP contribution in [0.2, 0.25) is 0 Å². The Morgan fingerprint density at radius 2 is 0.617 bits per heavy atom. The van der Waals surface area contributed by atoms with Crippen molar-refractivity contribution in [2.24, 2.45) is 0 Å². The van der Waals surface area contributed by atoms with Crippen LogP contribution >= 0.6 is 0 Å². The van der Waals surface area contributed by atoms with Gasteiger partial charge in [-0.3, -0.25) is 9.59 Å². The van der Waals surface area contributed by atoms with Gasteiger partial charge in [0.2, 0.25) is 5.91 Å². The fourth-order valence-corrected chi connectivity index (χ4v) is 11.6. The van der Waals surface area contributed by atoms with Crippen LogP contribution in [-0.2, 0) is 14.3 Å². The molecule has 0 saturated carbocycles. The van der Waals surface area contributed by atoms with E-state index in [1.807, 2.05) is 0 Å². The highest BCUT2D eigenvalue weighted by molar-refractivity contribution is 5.76. The van der Waals surface area contributed by atoms with Gasteiger partial charge in [-0.15, -0.1) is 0 Å². The smallest absolute Gasteiger partial charge is 0.305 e. The molecule has 0 spiro atoms. The molecule has 0 aromatic rings. The molecule has 6 nitrogen and oxygen atoms in total. The molecule has 6 heteroatoms. The second-order valence-electron chi connectivity index (χ2n) is 25.3. The zero-order chi connectivity index (χ0) is 58.5. The number of hydrogen-bond donors (Lipinski definition) is 3. The first-order valence-corrected chi connectivity index (χ1v) is 36.7. The molecule has 1 amide bonds. The predicted octanol–water partition coefficient (Wildman–Crippen LogP) is 23.9. The Hall–Kier alpha value is -1.92. The molecule has 0 fully saturated rings. The largest absolute Gasteiger partial charge is 0.466 e. The van der Waals surface area contributed by atoms with E-state index in [0.29, 0.717) is 25.9 Å². The molecule has 0 aliphatic rings. The molecule has 3 N–H and O–H groups in total. The third-order valence-corrected chi connectivity index (χ3v) is 17.2. The number of rotatable bonds is 69. The van der Waals surface area contributed by atoms with Gasteiger partial charge >= 0.3 is 5.97 Å². The minimum absolute atomic E-state index is 0.00576. The summed E-state index contributed by atoms with van der Waals surface area (Å²) >= 11 is 0. The number of amides is 1. The third kappa shape index (κ3) is 67.1. The quantitative estimate of drug-likeness (QED) is 0.0320. The van der Waals surface area contributed by atoms with E-state index in [-0.39, 0.29) is 18.5 Å². The molecule has 0 aromatic carbocycles. The van der Waals surface area contributed by atoms with E-state index in [4.69, 9.17) is 4.74 Å². The van der Waals surface area contributed by atoms with Gasteiger partial charge < -0.3 is 20.3 Å². The fraction of sp³-hybridized carbons (Fsp3) is 0.893. The second kappa shape index (κ2) is 70.6. The summed E-state index contributed by atoms with van der Waals surface area (Å²) < 4.78 is 5.49. The second-order valence-corrected chi connectivity index (χ2v) is 25.3. The molecule has 2 unspecified atom stereocenters. The van der Waals surface area contributed by atoms with Crippen molar-refractivity contribution in [1.29, 1.82) is 0 Å². The fourth-order valence-electron chi connectivity index (χ4n) is 11.6. The first-order valence-electron chi connectivity index (χ1n) is 36.7. The lowest BCUT2D eigenvalue weighted by molar-refractivity contribution is -0.143. The summed E-state index contributed by atoms with van der Waals surface area (Å²) in [4.78, 5) is 24.6. The molecule has 2 atom stereocenters. The molecule has 0 heterocycles. The van der Waals surface area contributed by atoms with Crippen LogP contribution in [0.5, 0.6) is 0 Å². The van der Waals surface area contributed by atoms with Crippen LogP contribution in [-0.4, -0.2) is 47.4 Å². The summed E-state index contributed by atoms with van der Waals surface area (Å²) in [5.41, 5.74) is 0. The Balaban J connectivity index is 3.39. The van der Waals surface area contributed by atoms with Crippen LogP contribution in [0.3, 0.4) is 0 Å². The lowest BCUT2D eigenvalue weighted by Crippen LogP contribution is -2.45. The maximum Gasteiger partial charge on any atom is 0.305 e.